The predicted octanol–water partition coefficient (Wildman–Crippen LogP) is 1.95. The number of thioether (sulfide) groups is 1. The molecule has 1 aromatic rings. The summed E-state index contributed by atoms with van der Waals surface area (Å²) in [4.78, 5) is 37.1. The van der Waals surface area contributed by atoms with E-state index in [1.54, 1.807) is 0 Å². The lowest BCUT2D eigenvalue weighted by molar-refractivity contribution is -0.139. The van der Waals surface area contributed by atoms with Gasteiger partial charge in [-0.25, -0.2) is 4.79 Å². The summed E-state index contributed by atoms with van der Waals surface area (Å²) in [5, 5.41) is 11.9. The van der Waals surface area contributed by atoms with Crippen LogP contribution in [0.5, 0.6) is 5.19 Å². The van der Waals surface area contributed by atoms with Crippen LogP contribution in [0.3, 0.4) is 0 Å². The summed E-state index contributed by atoms with van der Waals surface area (Å²) in [6.07, 6.45) is 2.95. The fourth-order valence-electron chi connectivity index (χ4n) is 3.10. The van der Waals surface area contributed by atoms with Crippen molar-refractivity contribution in [3.63, 3.8) is 0 Å². The minimum absolute atomic E-state index is 0.00566. The topological polar surface area (TPSA) is 114 Å². The molecular weight excluding hydrogens is 390 g/mol. The molecule has 0 radical (unpaired) electrons. The summed E-state index contributed by atoms with van der Waals surface area (Å²) in [5.74, 6) is -0.276. The molecule has 0 atom stereocenters. The molecule has 4 amide bonds. The first-order valence-electron chi connectivity index (χ1n) is 8.88. The van der Waals surface area contributed by atoms with Crippen LogP contribution in [0.15, 0.2) is 4.34 Å². The van der Waals surface area contributed by atoms with Gasteiger partial charge in [-0.2, -0.15) is 5.01 Å². The Morgan fingerprint density at radius 1 is 1.41 bits per heavy atom. The SMILES string of the molecule is CC1CCC2(CC1)NC(=O)N(NC(=O)CSc1nnc(OC(C)C)s1)C2=O. The van der Waals surface area contributed by atoms with E-state index in [2.05, 4.69) is 27.9 Å². The molecule has 148 valence electrons. The highest BCUT2D eigenvalue weighted by Crippen LogP contribution is 2.35. The van der Waals surface area contributed by atoms with Crippen LogP contribution in [0.2, 0.25) is 0 Å². The summed E-state index contributed by atoms with van der Waals surface area (Å²) in [6, 6.07) is -0.573. The van der Waals surface area contributed by atoms with Gasteiger partial charge in [-0.3, -0.25) is 15.0 Å². The molecule has 2 N–H and O–H groups in total. The highest BCUT2D eigenvalue weighted by Gasteiger charge is 2.52. The maximum Gasteiger partial charge on any atom is 0.344 e. The van der Waals surface area contributed by atoms with Gasteiger partial charge in [-0.15, -0.1) is 5.10 Å². The molecule has 1 aliphatic heterocycles. The third-order valence-corrected chi connectivity index (χ3v) is 6.52. The van der Waals surface area contributed by atoms with Gasteiger partial charge in [0.05, 0.1) is 11.9 Å². The Morgan fingerprint density at radius 3 is 2.78 bits per heavy atom. The Balaban J connectivity index is 1.52. The van der Waals surface area contributed by atoms with Crippen LogP contribution in [0, 0.1) is 5.92 Å². The first-order chi connectivity index (χ1) is 12.8. The number of hydrogen-bond donors (Lipinski definition) is 2. The fraction of sp³-hybridized carbons (Fsp3) is 0.688. The number of carbonyl (C=O) groups excluding carboxylic acids is 3. The predicted molar refractivity (Wildman–Crippen MR) is 100 cm³/mol. The average Bonchev–Trinajstić information content (AvgIpc) is 3.14. The van der Waals surface area contributed by atoms with Gasteiger partial charge in [-0.1, -0.05) is 23.8 Å². The van der Waals surface area contributed by atoms with Crippen LogP contribution >= 0.6 is 23.1 Å². The fourth-order valence-corrected chi connectivity index (χ4v) is 4.70. The van der Waals surface area contributed by atoms with Crippen molar-refractivity contribution in [2.75, 3.05) is 5.75 Å². The van der Waals surface area contributed by atoms with Crippen LogP contribution in [-0.4, -0.2) is 50.4 Å². The molecule has 0 unspecified atom stereocenters. The summed E-state index contributed by atoms with van der Waals surface area (Å²) < 4.78 is 6.01. The van der Waals surface area contributed by atoms with Crippen LogP contribution in [0.25, 0.3) is 0 Å². The van der Waals surface area contributed by atoms with Gasteiger partial charge in [0.25, 0.3) is 11.1 Å². The maximum absolute atomic E-state index is 12.7. The van der Waals surface area contributed by atoms with Crippen LogP contribution in [-0.2, 0) is 9.59 Å². The van der Waals surface area contributed by atoms with Gasteiger partial charge < -0.3 is 10.1 Å². The number of hydrazine groups is 1. The third kappa shape index (κ3) is 4.52. The monoisotopic (exact) mass is 413 g/mol. The Labute approximate surface area is 165 Å². The zero-order valence-electron chi connectivity index (χ0n) is 15.5. The largest absolute Gasteiger partial charge is 0.466 e. The smallest absolute Gasteiger partial charge is 0.344 e. The highest BCUT2D eigenvalue weighted by atomic mass is 32.2. The first kappa shape index (κ1) is 19.9. The van der Waals surface area contributed by atoms with E-state index in [9.17, 15) is 14.4 Å². The first-order valence-corrected chi connectivity index (χ1v) is 10.7. The quantitative estimate of drug-likeness (QED) is 0.541. The lowest BCUT2D eigenvalue weighted by Gasteiger charge is -2.33. The normalized spacial score (nSPS) is 25.2. The number of urea groups is 1. The Bertz CT molecular complexity index is 730. The Morgan fingerprint density at radius 2 is 2.11 bits per heavy atom. The zero-order chi connectivity index (χ0) is 19.6. The zero-order valence-corrected chi connectivity index (χ0v) is 17.1. The second-order valence-corrected chi connectivity index (χ2v) is 9.32. The van der Waals surface area contributed by atoms with Gasteiger partial charge in [0, 0.05) is 0 Å². The van der Waals surface area contributed by atoms with E-state index in [-0.39, 0.29) is 17.8 Å². The van der Waals surface area contributed by atoms with E-state index in [1.165, 1.54) is 23.1 Å². The maximum atomic E-state index is 12.7. The second-order valence-electron chi connectivity index (χ2n) is 7.16. The molecule has 1 spiro atoms. The average molecular weight is 414 g/mol. The summed E-state index contributed by atoms with van der Waals surface area (Å²) in [6.45, 7) is 5.91. The molecule has 1 saturated heterocycles. The molecule has 11 heteroatoms. The molecule has 1 saturated carbocycles. The number of hydrogen-bond acceptors (Lipinski definition) is 8. The van der Waals surface area contributed by atoms with E-state index in [1.807, 2.05) is 13.8 Å². The minimum Gasteiger partial charge on any atom is -0.466 e. The molecular formula is C16H23N5O4S2. The lowest BCUT2D eigenvalue weighted by Crippen LogP contribution is -2.51. The highest BCUT2D eigenvalue weighted by molar-refractivity contribution is 8.01. The van der Waals surface area contributed by atoms with Crippen molar-refractivity contribution in [1.29, 1.82) is 0 Å². The van der Waals surface area contributed by atoms with Gasteiger partial charge >= 0.3 is 6.03 Å². The van der Waals surface area contributed by atoms with E-state index in [0.29, 0.717) is 28.3 Å². The van der Waals surface area contributed by atoms with Crippen molar-refractivity contribution in [1.82, 2.24) is 25.9 Å². The van der Waals surface area contributed by atoms with Gasteiger partial charge in [0.15, 0.2) is 4.34 Å². The third-order valence-electron chi connectivity index (χ3n) is 4.58. The molecule has 1 aromatic heterocycles. The van der Waals surface area contributed by atoms with Gasteiger partial charge in [0.1, 0.15) is 5.54 Å². The Kier molecular flexibility index (Phi) is 5.89. The standard InChI is InChI=1S/C16H23N5O4S2/c1-9(2)25-14-18-19-15(27-14)26-8-11(22)20-21-12(23)16(17-13(21)24)6-4-10(3)5-7-16/h9-10H,4-8H2,1-3H3,(H,17,24)(H,20,22). The molecule has 2 fully saturated rings. The summed E-state index contributed by atoms with van der Waals surface area (Å²) in [5.41, 5.74) is 1.54. The number of nitrogens with one attached hydrogen (secondary N) is 2. The van der Waals surface area contributed by atoms with Gasteiger partial charge in [-0.05, 0) is 56.8 Å². The van der Waals surface area contributed by atoms with E-state index >= 15 is 0 Å². The van der Waals surface area contributed by atoms with Crippen molar-refractivity contribution >= 4 is 40.9 Å². The number of ether oxygens (including phenoxy) is 1. The minimum atomic E-state index is -0.869. The van der Waals surface area contributed by atoms with Crippen LogP contribution < -0.4 is 15.5 Å². The van der Waals surface area contributed by atoms with E-state index in [0.717, 1.165) is 17.9 Å². The van der Waals surface area contributed by atoms with Crippen LogP contribution in [0.1, 0.15) is 46.5 Å². The second kappa shape index (κ2) is 8.01. The van der Waals surface area contributed by atoms with Crippen molar-refractivity contribution < 1.29 is 19.1 Å². The number of rotatable bonds is 6. The molecule has 9 nitrogen and oxygen atoms in total. The van der Waals surface area contributed by atoms with Crippen molar-refractivity contribution in [2.24, 2.45) is 5.92 Å². The van der Waals surface area contributed by atoms with Crippen molar-refractivity contribution in [2.45, 2.75) is 62.4 Å². The van der Waals surface area contributed by atoms with Gasteiger partial charge in [0.2, 0.25) is 5.91 Å². The molecule has 3 rings (SSSR count). The lowest BCUT2D eigenvalue weighted by atomic mass is 9.77. The number of carbonyl (C=O) groups is 3. The van der Waals surface area contributed by atoms with Crippen LogP contribution in [0.4, 0.5) is 4.79 Å². The van der Waals surface area contributed by atoms with Crippen molar-refractivity contribution in [3.8, 4) is 5.19 Å². The van der Waals surface area contributed by atoms with E-state index in [4.69, 9.17) is 4.74 Å². The number of imide groups is 1. The molecule has 1 aliphatic carbocycles. The summed E-state index contributed by atoms with van der Waals surface area (Å²) >= 11 is 2.42. The molecule has 0 aromatic carbocycles. The van der Waals surface area contributed by atoms with E-state index < -0.39 is 17.5 Å². The molecule has 2 heterocycles. The summed E-state index contributed by atoms with van der Waals surface area (Å²) in [7, 11) is 0. The number of aromatic nitrogens is 2. The van der Waals surface area contributed by atoms with Crippen molar-refractivity contribution in [3.05, 3.63) is 0 Å². The molecule has 27 heavy (non-hydrogen) atoms. The number of amides is 4. The number of nitrogens with zero attached hydrogens (tertiary/aromatic N) is 3. The molecule has 2 aliphatic rings. The Hall–Kier alpha value is -1.88. The molecule has 0 bridgehead atoms.